The summed E-state index contributed by atoms with van der Waals surface area (Å²) in [6, 6.07) is 7.55. The number of benzene rings is 1. The average Bonchev–Trinajstić information content (AvgIpc) is 2.51. The van der Waals surface area contributed by atoms with Gasteiger partial charge in [0.25, 0.3) is 0 Å². The van der Waals surface area contributed by atoms with E-state index in [1.807, 2.05) is 31.2 Å². The maximum Gasteiger partial charge on any atom is 0.534 e. The molecule has 0 heterocycles. The van der Waals surface area contributed by atoms with Crippen LogP contribution < -0.4 is 21.2 Å². The second-order valence-corrected chi connectivity index (χ2v) is 10.5. The van der Waals surface area contributed by atoms with Gasteiger partial charge in [0.15, 0.2) is 23.5 Å². The van der Waals surface area contributed by atoms with Crippen LogP contribution in [0.15, 0.2) is 34.1 Å². The Balaban J connectivity index is 0.000000828. The molecular formula is C14H15F6IO6S2. The Bertz CT molecular complexity index is 890. The molecule has 0 amide bonds. The van der Waals surface area contributed by atoms with Crippen molar-refractivity contribution in [2.24, 2.45) is 0 Å². The number of rotatable bonds is 6. The summed E-state index contributed by atoms with van der Waals surface area (Å²) < 4.78 is 125. The molecule has 15 heteroatoms. The Hall–Kier alpha value is -1.07. The Morgan fingerprint density at radius 1 is 1.03 bits per heavy atom. The van der Waals surface area contributed by atoms with E-state index in [9.17, 15) is 34.8 Å². The highest BCUT2D eigenvalue weighted by atomic mass is 127. The van der Waals surface area contributed by atoms with Gasteiger partial charge in [0.05, 0.1) is 0 Å². The van der Waals surface area contributed by atoms with Crippen molar-refractivity contribution in [3.05, 3.63) is 43.2 Å². The van der Waals surface area contributed by atoms with E-state index in [0.29, 0.717) is 6.42 Å². The minimum Gasteiger partial charge on any atom is -0.741 e. The molecule has 0 radical (unpaired) electrons. The second-order valence-electron chi connectivity index (χ2n) is 5.11. The van der Waals surface area contributed by atoms with Crippen LogP contribution in [-0.2, 0) is 24.4 Å². The molecule has 0 aliphatic rings. The van der Waals surface area contributed by atoms with Crippen LogP contribution in [0.25, 0.3) is 0 Å². The lowest BCUT2D eigenvalue weighted by molar-refractivity contribution is -0.558. The van der Waals surface area contributed by atoms with Crippen molar-refractivity contribution >= 4 is 20.2 Å². The van der Waals surface area contributed by atoms with Crippen LogP contribution in [0.5, 0.6) is 0 Å². The maximum atomic E-state index is 12.3. The summed E-state index contributed by atoms with van der Waals surface area (Å²) in [6.45, 7) is 3.67. The summed E-state index contributed by atoms with van der Waals surface area (Å²) in [7, 11) is -11.7. The molecule has 0 saturated heterocycles. The van der Waals surface area contributed by atoms with Gasteiger partial charge in [-0.2, -0.15) is 34.8 Å². The topological polar surface area (TPSA) is 101 Å². The van der Waals surface area contributed by atoms with Crippen LogP contribution in [0.1, 0.15) is 25.3 Å². The van der Waals surface area contributed by atoms with Crippen molar-refractivity contribution in [2.45, 2.75) is 37.7 Å². The number of hydrogen-bond donors (Lipinski definition) is 0. The summed E-state index contributed by atoms with van der Waals surface area (Å²) in [6.07, 6.45) is 0.651. The van der Waals surface area contributed by atoms with Crippen LogP contribution in [0, 0.1) is 10.5 Å². The largest absolute Gasteiger partial charge is 0.741 e. The maximum absolute atomic E-state index is 12.3. The normalized spacial score (nSPS) is 13.5. The summed E-state index contributed by atoms with van der Waals surface area (Å²) in [4.78, 5) is 0. The van der Waals surface area contributed by atoms with Crippen LogP contribution in [-0.4, -0.2) is 32.4 Å². The van der Waals surface area contributed by atoms with E-state index in [4.69, 9.17) is 13.0 Å². The summed E-state index contributed by atoms with van der Waals surface area (Å²) in [5, 5.41) is 0. The molecule has 0 aliphatic carbocycles. The van der Waals surface area contributed by atoms with Crippen molar-refractivity contribution in [1.29, 1.82) is 0 Å². The van der Waals surface area contributed by atoms with E-state index >= 15 is 0 Å². The molecule has 0 N–H and O–H groups in total. The number of halogens is 7. The molecular weight excluding hydrogens is 569 g/mol. The Labute approximate surface area is 174 Å². The van der Waals surface area contributed by atoms with Crippen LogP contribution in [0.3, 0.4) is 0 Å². The van der Waals surface area contributed by atoms with E-state index in [2.05, 4.69) is 4.18 Å². The highest BCUT2D eigenvalue weighted by Crippen LogP contribution is 2.27. The monoisotopic (exact) mass is 584 g/mol. The zero-order valence-corrected chi connectivity index (χ0v) is 18.5. The van der Waals surface area contributed by atoms with Gasteiger partial charge in [0.2, 0.25) is 0 Å². The molecule has 1 aromatic carbocycles. The quantitative estimate of drug-likeness (QED) is 0.123. The molecule has 0 unspecified atom stereocenters. The SMILES string of the molecule is CCC/C(=C\[I+]c1ccc(C)cc1)OS(=O)(=O)C(F)(F)F.O=S(=O)([O-])C(F)(F)F. The van der Waals surface area contributed by atoms with E-state index in [-0.39, 0.29) is 12.2 Å². The number of alkyl halides is 6. The van der Waals surface area contributed by atoms with E-state index in [0.717, 1.165) is 9.13 Å². The average molecular weight is 584 g/mol. The lowest BCUT2D eigenvalue weighted by atomic mass is 10.2. The highest BCUT2D eigenvalue weighted by Gasteiger charge is 2.49. The standard InChI is InChI=1S/C13H15F3IO3S.CHF3O3S/c1-3-4-12(20-21(18,19)13(14,15)16)9-17-11-7-5-10(2)6-8-11;2-1(3,4)8(5,6)7/h5-9H,3-4H2,1-2H3;(H,5,6,7)/q+1;/p-1/b12-9+;. The Morgan fingerprint density at radius 2 is 1.48 bits per heavy atom. The van der Waals surface area contributed by atoms with Crippen molar-refractivity contribution in [1.82, 2.24) is 0 Å². The summed E-state index contributed by atoms with van der Waals surface area (Å²) in [5.41, 5.74) is -9.97. The predicted octanol–water partition coefficient (Wildman–Crippen LogP) is 0.813. The zero-order valence-electron chi connectivity index (χ0n) is 14.7. The van der Waals surface area contributed by atoms with E-state index < -0.39 is 52.5 Å². The molecule has 29 heavy (non-hydrogen) atoms. The Morgan fingerprint density at radius 3 is 1.83 bits per heavy atom. The molecule has 0 spiro atoms. The number of hydrogen-bond acceptors (Lipinski definition) is 6. The van der Waals surface area contributed by atoms with Gasteiger partial charge in [-0.15, -0.1) is 0 Å². The lowest BCUT2D eigenvalue weighted by Gasteiger charge is -2.09. The molecule has 0 saturated carbocycles. The fourth-order valence-electron chi connectivity index (χ4n) is 1.28. The zero-order chi connectivity index (χ0) is 23.1. The molecule has 0 bridgehead atoms. The first kappa shape index (κ1) is 27.9. The first-order valence-corrected chi connectivity index (χ1v) is 12.5. The summed E-state index contributed by atoms with van der Waals surface area (Å²) in [5.74, 6) is -0.136. The first-order valence-electron chi connectivity index (χ1n) is 7.32. The van der Waals surface area contributed by atoms with Gasteiger partial charge in [-0.1, -0.05) is 24.6 Å². The van der Waals surface area contributed by atoms with Crippen LogP contribution >= 0.6 is 0 Å². The van der Waals surface area contributed by atoms with Gasteiger partial charge in [-0.25, -0.2) is 8.42 Å². The van der Waals surface area contributed by atoms with Crippen LogP contribution in [0.4, 0.5) is 26.3 Å². The minimum absolute atomic E-state index is 0.136. The van der Waals surface area contributed by atoms with Crippen molar-refractivity contribution in [3.63, 3.8) is 0 Å². The smallest absolute Gasteiger partial charge is 0.534 e. The number of allylic oxidation sites excluding steroid dienone is 1. The molecule has 6 nitrogen and oxygen atoms in total. The van der Waals surface area contributed by atoms with Crippen molar-refractivity contribution < 1.29 is 73.1 Å². The molecule has 0 fully saturated rings. The van der Waals surface area contributed by atoms with E-state index in [1.54, 1.807) is 6.92 Å². The highest BCUT2D eigenvalue weighted by molar-refractivity contribution is 7.87. The molecule has 1 rings (SSSR count). The third-order valence-corrected chi connectivity index (χ3v) is 6.61. The van der Waals surface area contributed by atoms with Gasteiger partial charge in [-0.05, 0) is 25.5 Å². The molecule has 0 aromatic heterocycles. The van der Waals surface area contributed by atoms with E-state index in [1.165, 1.54) is 4.08 Å². The van der Waals surface area contributed by atoms with Gasteiger partial charge in [0.1, 0.15) is 0 Å². The van der Waals surface area contributed by atoms with Gasteiger partial charge < -0.3 is 8.74 Å². The van der Waals surface area contributed by atoms with Gasteiger partial charge in [0, 0.05) is 6.42 Å². The van der Waals surface area contributed by atoms with Crippen molar-refractivity contribution in [2.75, 3.05) is 0 Å². The number of aryl methyl sites for hydroxylation is 1. The first-order chi connectivity index (χ1) is 12.9. The third kappa shape index (κ3) is 10.5. The minimum atomic E-state index is -6.09. The second kappa shape index (κ2) is 10.8. The molecule has 0 aliphatic heterocycles. The molecule has 0 atom stereocenters. The summed E-state index contributed by atoms with van der Waals surface area (Å²) >= 11 is -0.749. The molecule has 1 aromatic rings. The van der Waals surface area contributed by atoms with Crippen LogP contribution in [0.2, 0.25) is 0 Å². The lowest BCUT2D eigenvalue weighted by Crippen LogP contribution is -3.59. The van der Waals surface area contributed by atoms with Gasteiger partial charge in [-0.3, -0.25) is 0 Å². The van der Waals surface area contributed by atoms with Crippen molar-refractivity contribution in [3.8, 4) is 0 Å². The molecule has 168 valence electrons. The fourth-order valence-corrected chi connectivity index (χ4v) is 3.88. The Kier molecular flexibility index (Phi) is 10.4. The fraction of sp³-hybridized carbons (Fsp3) is 0.429. The predicted molar refractivity (Wildman–Crippen MR) is 84.7 cm³/mol. The third-order valence-electron chi connectivity index (χ3n) is 2.59. The van der Waals surface area contributed by atoms with Gasteiger partial charge >= 0.3 is 42.3 Å².